The van der Waals surface area contributed by atoms with Crippen LogP contribution in [0.5, 0.6) is 0 Å². The molecule has 1 heterocycles. The van der Waals surface area contributed by atoms with Crippen molar-refractivity contribution >= 4 is 17.4 Å². The van der Waals surface area contributed by atoms with Crippen molar-refractivity contribution in [3.8, 4) is 0 Å². The Balaban J connectivity index is 2.22. The van der Waals surface area contributed by atoms with E-state index in [0.717, 1.165) is 5.56 Å². The lowest BCUT2D eigenvalue weighted by atomic mass is 10.3. The molecular formula is C8H12N2OS. The average molecular weight is 184 g/mol. The van der Waals surface area contributed by atoms with Gasteiger partial charge in [0, 0.05) is 13.1 Å². The standard InChI is InChI=1S/C8H12N2OS/c1-2-9-8(11)10-5-7-3-4-12-6-7/h3-4,6H,2,5H2,1H3,(H2,9,10,11). The summed E-state index contributed by atoms with van der Waals surface area (Å²) in [5.74, 6) is 0. The maximum absolute atomic E-state index is 10.9. The number of carbonyl (C=O) groups excluding carboxylic acids is 1. The van der Waals surface area contributed by atoms with Crippen LogP contribution in [0.25, 0.3) is 0 Å². The van der Waals surface area contributed by atoms with Crippen LogP contribution in [0.3, 0.4) is 0 Å². The van der Waals surface area contributed by atoms with E-state index in [4.69, 9.17) is 0 Å². The molecule has 3 nitrogen and oxygen atoms in total. The van der Waals surface area contributed by atoms with Gasteiger partial charge in [0.25, 0.3) is 0 Å². The third kappa shape index (κ3) is 2.92. The van der Waals surface area contributed by atoms with Crippen LogP contribution in [0, 0.1) is 0 Å². The topological polar surface area (TPSA) is 41.1 Å². The molecule has 1 rings (SSSR count). The van der Waals surface area contributed by atoms with Gasteiger partial charge in [0.05, 0.1) is 0 Å². The fourth-order valence-corrected chi connectivity index (χ4v) is 1.47. The maximum atomic E-state index is 10.9. The second-order valence-corrected chi connectivity index (χ2v) is 3.12. The smallest absolute Gasteiger partial charge is 0.315 e. The molecule has 0 aliphatic carbocycles. The molecule has 0 fully saturated rings. The summed E-state index contributed by atoms with van der Waals surface area (Å²) in [6.45, 7) is 3.16. The van der Waals surface area contributed by atoms with Crippen molar-refractivity contribution in [2.45, 2.75) is 13.5 Å². The van der Waals surface area contributed by atoms with Gasteiger partial charge in [-0.15, -0.1) is 0 Å². The number of thiophene rings is 1. The molecule has 0 bridgehead atoms. The van der Waals surface area contributed by atoms with Crippen LogP contribution in [-0.2, 0) is 6.54 Å². The Hall–Kier alpha value is -1.03. The highest BCUT2D eigenvalue weighted by atomic mass is 32.1. The van der Waals surface area contributed by atoms with E-state index in [1.807, 2.05) is 23.8 Å². The summed E-state index contributed by atoms with van der Waals surface area (Å²) in [6.07, 6.45) is 0. The molecule has 2 N–H and O–H groups in total. The van der Waals surface area contributed by atoms with Crippen molar-refractivity contribution in [2.24, 2.45) is 0 Å². The van der Waals surface area contributed by atoms with Crippen LogP contribution in [0.2, 0.25) is 0 Å². The fraction of sp³-hybridized carbons (Fsp3) is 0.375. The Kier molecular flexibility index (Phi) is 3.60. The van der Waals surface area contributed by atoms with Crippen LogP contribution in [-0.4, -0.2) is 12.6 Å². The minimum atomic E-state index is -0.108. The van der Waals surface area contributed by atoms with E-state index in [1.54, 1.807) is 11.3 Å². The number of urea groups is 1. The van der Waals surface area contributed by atoms with E-state index in [-0.39, 0.29) is 6.03 Å². The van der Waals surface area contributed by atoms with Crippen molar-refractivity contribution in [1.82, 2.24) is 10.6 Å². The molecule has 0 aromatic carbocycles. The van der Waals surface area contributed by atoms with Crippen molar-refractivity contribution in [3.63, 3.8) is 0 Å². The zero-order valence-corrected chi connectivity index (χ0v) is 7.78. The molecule has 66 valence electrons. The maximum Gasteiger partial charge on any atom is 0.315 e. The normalized spacial score (nSPS) is 9.42. The average Bonchev–Trinajstić information content (AvgIpc) is 2.53. The lowest BCUT2D eigenvalue weighted by Crippen LogP contribution is -2.34. The van der Waals surface area contributed by atoms with Gasteiger partial charge in [-0.2, -0.15) is 11.3 Å². The lowest BCUT2D eigenvalue weighted by molar-refractivity contribution is 0.241. The van der Waals surface area contributed by atoms with Gasteiger partial charge < -0.3 is 10.6 Å². The quantitative estimate of drug-likeness (QED) is 0.735. The summed E-state index contributed by atoms with van der Waals surface area (Å²) in [7, 11) is 0. The highest BCUT2D eigenvalue weighted by Crippen LogP contribution is 2.04. The van der Waals surface area contributed by atoms with Crippen LogP contribution in [0.4, 0.5) is 4.79 Å². The second-order valence-electron chi connectivity index (χ2n) is 2.34. The third-order valence-corrected chi connectivity index (χ3v) is 2.10. The molecule has 1 aromatic rings. The summed E-state index contributed by atoms with van der Waals surface area (Å²) in [5, 5.41) is 9.42. The number of nitrogens with one attached hydrogen (secondary N) is 2. The van der Waals surface area contributed by atoms with Crippen molar-refractivity contribution in [1.29, 1.82) is 0 Å². The third-order valence-electron chi connectivity index (χ3n) is 1.37. The van der Waals surface area contributed by atoms with Gasteiger partial charge >= 0.3 is 6.03 Å². The Bertz CT molecular complexity index is 233. The predicted octanol–water partition coefficient (Wildman–Crippen LogP) is 1.57. The zero-order chi connectivity index (χ0) is 8.81. The highest BCUT2D eigenvalue weighted by molar-refractivity contribution is 7.07. The molecular weight excluding hydrogens is 172 g/mol. The molecule has 0 saturated heterocycles. The predicted molar refractivity (Wildman–Crippen MR) is 50.2 cm³/mol. The van der Waals surface area contributed by atoms with E-state index < -0.39 is 0 Å². The zero-order valence-electron chi connectivity index (χ0n) is 6.96. The Morgan fingerprint density at radius 3 is 3.00 bits per heavy atom. The van der Waals surface area contributed by atoms with Crippen molar-refractivity contribution in [2.75, 3.05) is 6.54 Å². The van der Waals surface area contributed by atoms with Gasteiger partial charge in [0.15, 0.2) is 0 Å². The molecule has 4 heteroatoms. The number of carbonyl (C=O) groups is 1. The molecule has 12 heavy (non-hydrogen) atoms. The van der Waals surface area contributed by atoms with Crippen molar-refractivity contribution in [3.05, 3.63) is 22.4 Å². The van der Waals surface area contributed by atoms with Gasteiger partial charge in [0.2, 0.25) is 0 Å². The van der Waals surface area contributed by atoms with Crippen LogP contribution in [0.1, 0.15) is 12.5 Å². The molecule has 1 aromatic heterocycles. The van der Waals surface area contributed by atoms with E-state index in [2.05, 4.69) is 10.6 Å². The lowest BCUT2D eigenvalue weighted by Gasteiger charge is -2.03. The molecule has 0 aliphatic heterocycles. The molecule has 2 amide bonds. The minimum absolute atomic E-state index is 0.108. The van der Waals surface area contributed by atoms with E-state index >= 15 is 0 Å². The van der Waals surface area contributed by atoms with Gasteiger partial charge in [-0.1, -0.05) is 0 Å². The van der Waals surface area contributed by atoms with Crippen LogP contribution in [0.15, 0.2) is 16.8 Å². The van der Waals surface area contributed by atoms with Gasteiger partial charge in [-0.3, -0.25) is 0 Å². The Morgan fingerprint density at radius 2 is 2.42 bits per heavy atom. The first-order valence-electron chi connectivity index (χ1n) is 3.85. The monoisotopic (exact) mass is 184 g/mol. The molecule has 0 aliphatic rings. The number of amides is 2. The molecule has 0 unspecified atom stereocenters. The first-order valence-corrected chi connectivity index (χ1v) is 4.80. The SMILES string of the molecule is CCNC(=O)NCc1ccsc1. The van der Waals surface area contributed by atoms with Gasteiger partial charge in [-0.05, 0) is 29.3 Å². The first kappa shape index (κ1) is 9.06. The van der Waals surface area contributed by atoms with Crippen molar-refractivity contribution < 1.29 is 4.79 Å². The Morgan fingerprint density at radius 1 is 1.58 bits per heavy atom. The second kappa shape index (κ2) is 4.77. The molecule has 0 saturated carbocycles. The number of rotatable bonds is 3. The van der Waals surface area contributed by atoms with E-state index in [9.17, 15) is 4.79 Å². The minimum Gasteiger partial charge on any atom is -0.338 e. The summed E-state index contributed by atoms with van der Waals surface area (Å²) in [4.78, 5) is 10.9. The highest BCUT2D eigenvalue weighted by Gasteiger charge is 1.97. The first-order chi connectivity index (χ1) is 5.83. The van der Waals surface area contributed by atoms with Gasteiger partial charge in [-0.25, -0.2) is 4.79 Å². The summed E-state index contributed by atoms with van der Waals surface area (Å²) < 4.78 is 0. The van der Waals surface area contributed by atoms with Gasteiger partial charge in [0.1, 0.15) is 0 Å². The molecule has 0 atom stereocenters. The number of hydrogen-bond donors (Lipinski definition) is 2. The van der Waals surface area contributed by atoms with Crippen LogP contribution < -0.4 is 10.6 Å². The van der Waals surface area contributed by atoms with E-state index in [0.29, 0.717) is 13.1 Å². The summed E-state index contributed by atoms with van der Waals surface area (Å²) in [5.41, 5.74) is 1.14. The van der Waals surface area contributed by atoms with Crippen LogP contribution >= 0.6 is 11.3 Å². The van der Waals surface area contributed by atoms with E-state index in [1.165, 1.54) is 0 Å². The molecule has 0 radical (unpaired) electrons. The number of hydrogen-bond acceptors (Lipinski definition) is 2. The fourth-order valence-electron chi connectivity index (χ4n) is 0.799. The Labute approximate surface area is 75.8 Å². The summed E-state index contributed by atoms with van der Waals surface area (Å²) >= 11 is 1.63. The largest absolute Gasteiger partial charge is 0.338 e. The molecule has 0 spiro atoms. The summed E-state index contributed by atoms with van der Waals surface area (Å²) in [6, 6.07) is 1.89.